The van der Waals surface area contributed by atoms with Gasteiger partial charge in [-0.1, -0.05) is 6.07 Å². The zero-order valence-corrected chi connectivity index (χ0v) is 19.8. The summed E-state index contributed by atoms with van der Waals surface area (Å²) in [6, 6.07) is 5.16. The van der Waals surface area contributed by atoms with Gasteiger partial charge in [0.25, 0.3) is 17.7 Å². The SMILES string of the molecule is CCN1C(=O)C(=Cc2ccc(OCC(=O)N3CCOCC3)c(Br)c2)C(=O)N(CC)C1=S. The molecule has 2 aliphatic rings. The second-order valence-electron chi connectivity index (χ2n) is 6.91. The molecule has 1 aromatic rings. The zero-order chi connectivity index (χ0) is 22.5. The summed E-state index contributed by atoms with van der Waals surface area (Å²) in [6.07, 6.45) is 1.55. The monoisotopic (exact) mass is 509 g/mol. The van der Waals surface area contributed by atoms with Gasteiger partial charge in [-0.2, -0.15) is 0 Å². The highest BCUT2D eigenvalue weighted by Crippen LogP contribution is 2.28. The van der Waals surface area contributed by atoms with Gasteiger partial charge in [0, 0.05) is 26.2 Å². The van der Waals surface area contributed by atoms with E-state index in [9.17, 15) is 14.4 Å². The fourth-order valence-electron chi connectivity index (χ4n) is 3.32. The third-order valence-corrected chi connectivity index (χ3v) is 6.09. The van der Waals surface area contributed by atoms with E-state index in [-0.39, 0.29) is 23.2 Å². The number of halogens is 1. The lowest BCUT2D eigenvalue weighted by atomic mass is 10.1. The molecule has 0 N–H and O–H groups in total. The molecule has 0 unspecified atom stereocenters. The van der Waals surface area contributed by atoms with Crippen LogP contribution in [-0.2, 0) is 19.1 Å². The molecule has 1 aromatic carbocycles. The predicted octanol–water partition coefficient (Wildman–Crippen LogP) is 2.07. The number of rotatable bonds is 6. The van der Waals surface area contributed by atoms with E-state index in [1.807, 2.05) is 13.8 Å². The van der Waals surface area contributed by atoms with Crippen molar-refractivity contribution in [2.24, 2.45) is 0 Å². The van der Waals surface area contributed by atoms with Gasteiger partial charge in [-0.3, -0.25) is 24.2 Å². The molecule has 3 amide bonds. The minimum absolute atomic E-state index is 0.0559. The van der Waals surface area contributed by atoms with E-state index >= 15 is 0 Å². The van der Waals surface area contributed by atoms with Crippen LogP contribution in [0, 0.1) is 0 Å². The third kappa shape index (κ3) is 5.13. The van der Waals surface area contributed by atoms with Gasteiger partial charge in [-0.15, -0.1) is 0 Å². The van der Waals surface area contributed by atoms with Crippen LogP contribution in [0.5, 0.6) is 5.75 Å². The lowest BCUT2D eigenvalue weighted by molar-refractivity contribution is -0.137. The molecular weight excluding hydrogens is 486 g/mol. The van der Waals surface area contributed by atoms with Crippen molar-refractivity contribution < 1.29 is 23.9 Å². The molecule has 0 atom stereocenters. The molecule has 0 spiro atoms. The number of amides is 3. The van der Waals surface area contributed by atoms with Crippen molar-refractivity contribution in [2.45, 2.75) is 13.8 Å². The second-order valence-corrected chi connectivity index (χ2v) is 8.13. The fourth-order valence-corrected chi connectivity index (χ4v) is 4.25. The molecule has 10 heteroatoms. The summed E-state index contributed by atoms with van der Waals surface area (Å²) in [5.74, 6) is -0.420. The highest BCUT2D eigenvalue weighted by Gasteiger charge is 2.37. The molecule has 2 aliphatic heterocycles. The van der Waals surface area contributed by atoms with E-state index in [0.717, 1.165) is 0 Å². The van der Waals surface area contributed by atoms with Gasteiger partial charge in [0.1, 0.15) is 11.3 Å². The summed E-state index contributed by atoms with van der Waals surface area (Å²) in [4.78, 5) is 42.3. The first-order valence-electron chi connectivity index (χ1n) is 10.0. The smallest absolute Gasteiger partial charge is 0.265 e. The first-order chi connectivity index (χ1) is 14.9. The molecule has 2 fully saturated rings. The molecule has 166 valence electrons. The number of thiocarbonyl (C=S) groups is 1. The van der Waals surface area contributed by atoms with Gasteiger partial charge in [0.2, 0.25) is 0 Å². The maximum atomic E-state index is 12.8. The average molecular weight is 510 g/mol. The minimum atomic E-state index is -0.408. The summed E-state index contributed by atoms with van der Waals surface area (Å²) in [5, 5.41) is 0.229. The fraction of sp³-hybridized carbons (Fsp3) is 0.429. The van der Waals surface area contributed by atoms with Gasteiger partial charge in [-0.25, -0.2) is 0 Å². The number of morpholine rings is 1. The van der Waals surface area contributed by atoms with Crippen LogP contribution in [0.3, 0.4) is 0 Å². The number of benzene rings is 1. The van der Waals surface area contributed by atoms with Gasteiger partial charge >= 0.3 is 0 Å². The molecule has 0 saturated carbocycles. The normalized spacial score (nSPS) is 17.3. The van der Waals surface area contributed by atoms with Crippen molar-refractivity contribution in [1.29, 1.82) is 0 Å². The van der Waals surface area contributed by atoms with E-state index < -0.39 is 11.8 Å². The first kappa shape index (κ1) is 23.4. The molecule has 0 aliphatic carbocycles. The van der Waals surface area contributed by atoms with E-state index in [1.165, 1.54) is 9.80 Å². The molecule has 2 saturated heterocycles. The maximum absolute atomic E-state index is 12.8. The largest absolute Gasteiger partial charge is 0.483 e. The van der Waals surface area contributed by atoms with E-state index in [4.69, 9.17) is 21.7 Å². The number of carbonyl (C=O) groups excluding carboxylic acids is 3. The number of carbonyl (C=O) groups is 3. The number of hydrogen-bond acceptors (Lipinski definition) is 6. The Bertz CT molecular complexity index is 902. The number of ether oxygens (including phenoxy) is 2. The summed E-state index contributed by atoms with van der Waals surface area (Å²) < 4.78 is 11.5. The van der Waals surface area contributed by atoms with E-state index in [1.54, 1.807) is 29.2 Å². The van der Waals surface area contributed by atoms with Crippen LogP contribution in [0.1, 0.15) is 19.4 Å². The summed E-state index contributed by atoms with van der Waals surface area (Å²) in [6.45, 7) is 6.50. The van der Waals surface area contributed by atoms with Gasteiger partial charge < -0.3 is 14.4 Å². The summed E-state index contributed by atoms with van der Waals surface area (Å²) in [7, 11) is 0. The van der Waals surface area contributed by atoms with Crippen LogP contribution < -0.4 is 4.74 Å². The minimum Gasteiger partial charge on any atom is -0.483 e. The lowest BCUT2D eigenvalue weighted by Crippen LogP contribution is -2.55. The molecule has 31 heavy (non-hydrogen) atoms. The van der Waals surface area contributed by atoms with Crippen molar-refractivity contribution >= 4 is 57.1 Å². The average Bonchev–Trinajstić information content (AvgIpc) is 2.77. The molecule has 3 rings (SSSR count). The van der Waals surface area contributed by atoms with Crippen molar-refractivity contribution in [2.75, 3.05) is 46.0 Å². The highest BCUT2D eigenvalue weighted by molar-refractivity contribution is 9.10. The Morgan fingerprint density at radius 2 is 1.77 bits per heavy atom. The Morgan fingerprint density at radius 3 is 2.32 bits per heavy atom. The van der Waals surface area contributed by atoms with Crippen LogP contribution >= 0.6 is 28.1 Å². The molecule has 2 heterocycles. The first-order valence-corrected chi connectivity index (χ1v) is 11.2. The van der Waals surface area contributed by atoms with E-state index in [0.29, 0.717) is 55.2 Å². The molecule has 8 nitrogen and oxygen atoms in total. The predicted molar refractivity (Wildman–Crippen MR) is 122 cm³/mol. The Kier molecular flexibility index (Phi) is 7.79. The number of nitrogens with zero attached hydrogens (tertiary/aromatic N) is 3. The quantitative estimate of drug-likeness (QED) is 0.331. The van der Waals surface area contributed by atoms with Gasteiger partial charge in [0.15, 0.2) is 11.7 Å². The topological polar surface area (TPSA) is 79.4 Å². The van der Waals surface area contributed by atoms with Crippen molar-refractivity contribution in [1.82, 2.24) is 14.7 Å². The number of likely N-dealkylation sites (N-methyl/N-ethyl adjacent to an activating group) is 2. The zero-order valence-electron chi connectivity index (χ0n) is 17.4. The van der Waals surface area contributed by atoms with Crippen molar-refractivity contribution in [3.8, 4) is 5.75 Å². The number of hydrogen-bond donors (Lipinski definition) is 0. The lowest BCUT2D eigenvalue weighted by Gasteiger charge is -2.35. The Labute approximate surface area is 194 Å². The van der Waals surface area contributed by atoms with Crippen LogP contribution in [0.4, 0.5) is 0 Å². The molecule has 0 bridgehead atoms. The van der Waals surface area contributed by atoms with Crippen LogP contribution in [-0.4, -0.2) is 83.5 Å². The molecule has 0 aromatic heterocycles. The molecular formula is C21H24BrN3O5S. The van der Waals surface area contributed by atoms with Crippen molar-refractivity contribution in [3.63, 3.8) is 0 Å². The summed E-state index contributed by atoms with van der Waals surface area (Å²) in [5.41, 5.74) is 0.704. The van der Waals surface area contributed by atoms with E-state index in [2.05, 4.69) is 15.9 Å². The van der Waals surface area contributed by atoms with Crippen LogP contribution in [0.2, 0.25) is 0 Å². The van der Waals surface area contributed by atoms with Crippen LogP contribution in [0.15, 0.2) is 28.2 Å². The third-order valence-electron chi connectivity index (χ3n) is 5.03. The summed E-state index contributed by atoms with van der Waals surface area (Å²) >= 11 is 8.71. The second kappa shape index (κ2) is 10.3. The Hall–Kier alpha value is -2.30. The standard InChI is InChI=1S/C21H24BrN3O5S/c1-3-24-19(27)15(20(28)25(4-2)21(24)31)11-14-5-6-17(16(22)12-14)30-13-18(26)23-7-9-29-10-8-23/h5-6,11-12H,3-4,7-10,13H2,1-2H3. The van der Waals surface area contributed by atoms with Crippen molar-refractivity contribution in [3.05, 3.63) is 33.8 Å². The van der Waals surface area contributed by atoms with Crippen LogP contribution in [0.25, 0.3) is 6.08 Å². The maximum Gasteiger partial charge on any atom is 0.265 e. The Morgan fingerprint density at radius 1 is 1.16 bits per heavy atom. The Balaban J connectivity index is 1.74. The van der Waals surface area contributed by atoms with Gasteiger partial charge in [0.05, 0.1) is 17.7 Å². The molecule has 0 radical (unpaired) electrons. The van der Waals surface area contributed by atoms with Gasteiger partial charge in [-0.05, 0) is 65.8 Å². The highest BCUT2D eigenvalue weighted by atomic mass is 79.9.